The quantitative estimate of drug-likeness (QED) is 0.0378. The largest absolute Gasteiger partial charge is 0.356 e. The maximum atomic E-state index is 13.5. The predicted molar refractivity (Wildman–Crippen MR) is 177 cm³/mol. The molecule has 0 spiro atoms. The second kappa shape index (κ2) is 18.6. The van der Waals surface area contributed by atoms with Gasteiger partial charge in [-0.25, -0.2) is 17.6 Å². The van der Waals surface area contributed by atoms with Crippen LogP contribution in [0.2, 0.25) is 5.02 Å². The van der Waals surface area contributed by atoms with Gasteiger partial charge in [0.1, 0.15) is 10.7 Å². The van der Waals surface area contributed by atoms with E-state index in [1.165, 1.54) is 40.2 Å². The van der Waals surface area contributed by atoms with E-state index in [4.69, 9.17) is 11.6 Å². The predicted octanol–water partition coefficient (Wildman–Crippen LogP) is 8.82. The van der Waals surface area contributed by atoms with E-state index < -0.39 is 47.7 Å². The Morgan fingerprint density at radius 3 is 1.39 bits per heavy atom. The smallest absolute Gasteiger partial charge is 0.187 e. The van der Waals surface area contributed by atoms with Crippen molar-refractivity contribution in [1.29, 1.82) is 0 Å². The van der Waals surface area contributed by atoms with Crippen LogP contribution in [-0.2, 0) is 21.3 Å². The molecular formula is C37H26ClF4NNiOP-. The summed E-state index contributed by atoms with van der Waals surface area (Å²) in [4.78, 5) is 11.4. The molecule has 0 fully saturated rings. The van der Waals surface area contributed by atoms with Gasteiger partial charge in [-0.3, -0.25) is 4.79 Å². The number of carbonyl (C=O) groups is 1. The van der Waals surface area contributed by atoms with Crippen LogP contribution in [0, 0.1) is 29.3 Å². The third-order valence-corrected chi connectivity index (χ3v) is 8.93. The first-order valence-corrected chi connectivity index (χ1v) is 15.3. The number of halogens is 5. The molecule has 0 saturated carbocycles. The average Bonchev–Trinajstić information content (AvgIpc) is 3.10. The van der Waals surface area contributed by atoms with Crippen molar-refractivity contribution < 1.29 is 38.8 Å². The van der Waals surface area contributed by atoms with Gasteiger partial charge in [-0.1, -0.05) is 115 Å². The summed E-state index contributed by atoms with van der Waals surface area (Å²) in [6, 6.07) is 44.8. The molecule has 0 aliphatic heterocycles. The van der Waals surface area contributed by atoms with E-state index in [0.717, 1.165) is 6.20 Å². The van der Waals surface area contributed by atoms with Crippen LogP contribution in [0.3, 0.4) is 0 Å². The van der Waals surface area contributed by atoms with Crippen molar-refractivity contribution in [1.82, 2.24) is 0 Å². The summed E-state index contributed by atoms with van der Waals surface area (Å²) in [5.41, 5.74) is -0.991. The Labute approximate surface area is 281 Å². The molecular weight excluding hydrogens is 676 g/mol. The Morgan fingerprint density at radius 2 is 1.02 bits per heavy atom. The molecule has 0 unspecified atom stereocenters. The molecule has 236 valence electrons. The molecule has 6 rings (SSSR count). The van der Waals surface area contributed by atoms with Gasteiger partial charge in [0.05, 0.1) is 0 Å². The van der Waals surface area contributed by atoms with E-state index in [0.29, 0.717) is 0 Å². The van der Waals surface area contributed by atoms with Crippen molar-refractivity contribution in [2.75, 3.05) is 5.32 Å². The second-order valence-electron chi connectivity index (χ2n) is 9.19. The Hall–Kier alpha value is -4.28. The van der Waals surface area contributed by atoms with Crippen LogP contribution in [0.1, 0.15) is 0 Å². The van der Waals surface area contributed by atoms with E-state index >= 15 is 0 Å². The number of anilines is 1. The van der Waals surface area contributed by atoms with Crippen molar-refractivity contribution in [2.24, 2.45) is 0 Å². The van der Waals surface area contributed by atoms with Crippen molar-refractivity contribution in [3.8, 4) is 0 Å². The summed E-state index contributed by atoms with van der Waals surface area (Å²) in [5, 5.41) is 4.96. The molecule has 0 atom stereocenters. The second-order valence-corrected chi connectivity index (χ2v) is 11.8. The van der Waals surface area contributed by atoms with Gasteiger partial charge in [-0.05, 0) is 36.0 Å². The van der Waals surface area contributed by atoms with E-state index in [1.54, 1.807) is 0 Å². The zero-order valence-corrected chi connectivity index (χ0v) is 26.6. The fourth-order valence-electron chi connectivity index (χ4n) is 4.00. The van der Waals surface area contributed by atoms with Gasteiger partial charge < -0.3 is 5.32 Å². The standard InChI is InChI=1S/C18H15P.C13H6ClF4NO.C6H5.Ni/c1-4-10-16(11-5-1)19(17-12-6-2-7-13-17)18-14-8-3-9-15-18;14-8-9(15)11(17)13(12(18)10(8)16)19-5-6-3-1-2-4-7(6)20;1-2-4-6-5-3-1;/h1-15H;1-5,19H;1-5H;/q;;-1;/b;6-5-;;. The normalized spacial score (nSPS) is 12.4. The Morgan fingerprint density at radius 1 is 0.609 bits per heavy atom. The third-order valence-electron chi connectivity index (χ3n) is 6.15. The summed E-state index contributed by atoms with van der Waals surface area (Å²) in [6.07, 6.45) is 6.53. The Balaban J connectivity index is 0.000000208. The number of nitrogens with one attached hydrogen (secondary N) is 1. The van der Waals surface area contributed by atoms with Gasteiger partial charge in [-0.15, -0.1) is 0 Å². The fourth-order valence-corrected chi connectivity index (χ4v) is 6.47. The monoisotopic (exact) mass is 700 g/mol. The van der Waals surface area contributed by atoms with E-state index in [2.05, 4.69) is 97.1 Å². The van der Waals surface area contributed by atoms with E-state index in [-0.39, 0.29) is 22.1 Å². The summed E-state index contributed by atoms with van der Waals surface area (Å²) in [5.74, 6) is -7.19. The number of benzene rings is 5. The van der Waals surface area contributed by atoms with Crippen LogP contribution >= 0.6 is 19.5 Å². The zero-order chi connectivity index (χ0) is 32.0. The molecule has 5 aromatic carbocycles. The van der Waals surface area contributed by atoms with Crippen molar-refractivity contribution in [3.05, 3.63) is 192 Å². The number of rotatable bonds is 5. The first-order chi connectivity index (χ1) is 21.9. The molecule has 1 aliphatic rings. The van der Waals surface area contributed by atoms with Crippen LogP contribution in [0.5, 0.6) is 0 Å². The maximum Gasteiger partial charge on any atom is 0.187 e. The van der Waals surface area contributed by atoms with Gasteiger partial charge in [0.15, 0.2) is 29.1 Å². The molecule has 1 N–H and O–H groups in total. The first kappa shape index (κ1) is 36.2. The average molecular weight is 702 g/mol. The van der Waals surface area contributed by atoms with Crippen molar-refractivity contribution >= 4 is 46.9 Å². The van der Waals surface area contributed by atoms with Crippen molar-refractivity contribution in [2.45, 2.75) is 0 Å². The number of allylic oxidation sites excluding steroid dienone is 5. The minimum atomic E-state index is -1.71. The topological polar surface area (TPSA) is 29.1 Å². The molecule has 5 aromatic rings. The van der Waals surface area contributed by atoms with Gasteiger partial charge in [0.25, 0.3) is 0 Å². The molecule has 1 aliphatic carbocycles. The number of carbonyl (C=O) groups excluding carboxylic acids is 1. The molecule has 0 amide bonds. The van der Waals surface area contributed by atoms with Crippen molar-refractivity contribution in [3.63, 3.8) is 0 Å². The third kappa shape index (κ3) is 9.86. The Kier molecular flexibility index (Phi) is 14.7. The molecule has 0 bridgehead atoms. The summed E-state index contributed by atoms with van der Waals surface area (Å²) >= 11 is 5.08. The van der Waals surface area contributed by atoms with Crippen LogP contribution in [0.25, 0.3) is 0 Å². The fraction of sp³-hybridized carbons (Fsp3) is 0. The number of hydrogen-bond acceptors (Lipinski definition) is 2. The minimum Gasteiger partial charge on any atom is -0.356 e. The number of hydrogen-bond donors (Lipinski definition) is 1. The molecule has 0 heterocycles. The molecule has 0 saturated heterocycles. The first-order valence-electron chi connectivity index (χ1n) is 13.6. The summed E-state index contributed by atoms with van der Waals surface area (Å²) < 4.78 is 53.4. The van der Waals surface area contributed by atoms with Gasteiger partial charge >= 0.3 is 0 Å². The molecule has 0 aromatic heterocycles. The Bertz CT molecular complexity index is 1640. The van der Waals surface area contributed by atoms with E-state index in [9.17, 15) is 22.4 Å². The van der Waals surface area contributed by atoms with Crippen LogP contribution < -0.4 is 21.2 Å². The maximum absolute atomic E-state index is 13.5. The SMILES string of the molecule is O=C1C=CC=C/C1=C/Nc1c(F)c(F)c(Cl)c(F)c1F.[Ni].[c-]1ccccc1.c1ccc(P(c2ccccc2)c2ccccc2)cc1. The van der Waals surface area contributed by atoms with Crippen LogP contribution in [0.4, 0.5) is 23.2 Å². The zero-order valence-electron chi connectivity index (χ0n) is 24.0. The van der Waals surface area contributed by atoms with Crippen LogP contribution in [0.15, 0.2) is 157 Å². The number of ketones is 1. The van der Waals surface area contributed by atoms with Gasteiger partial charge in [0, 0.05) is 28.3 Å². The van der Waals surface area contributed by atoms with Gasteiger partial charge in [0.2, 0.25) is 0 Å². The summed E-state index contributed by atoms with van der Waals surface area (Å²) in [7, 11) is -0.446. The van der Waals surface area contributed by atoms with Gasteiger partial charge in [-0.2, -0.15) is 36.4 Å². The molecule has 2 nitrogen and oxygen atoms in total. The molecule has 46 heavy (non-hydrogen) atoms. The molecule has 9 heteroatoms. The summed E-state index contributed by atoms with van der Waals surface area (Å²) in [6.45, 7) is 0. The minimum absolute atomic E-state index is 0. The van der Waals surface area contributed by atoms with Crippen LogP contribution in [-0.4, -0.2) is 5.78 Å². The van der Waals surface area contributed by atoms with E-state index in [1.807, 2.05) is 35.6 Å². The molecule has 0 radical (unpaired) electrons.